The van der Waals surface area contributed by atoms with Gasteiger partial charge >= 0.3 is 0 Å². The summed E-state index contributed by atoms with van der Waals surface area (Å²) in [6.45, 7) is 0.439. The lowest BCUT2D eigenvalue weighted by Crippen LogP contribution is -2.45. The van der Waals surface area contributed by atoms with Crippen LogP contribution in [0.15, 0.2) is 59.1 Å². The number of hydrogen-bond acceptors (Lipinski definition) is 6. The van der Waals surface area contributed by atoms with Crippen molar-refractivity contribution < 1.29 is 14.3 Å². The Hall–Kier alpha value is -2.78. The Morgan fingerprint density at radius 2 is 2.00 bits per heavy atom. The lowest BCUT2D eigenvalue weighted by molar-refractivity contribution is -0.138. The van der Waals surface area contributed by atoms with Gasteiger partial charge in [0.25, 0.3) is 5.91 Å². The molecule has 0 radical (unpaired) electrons. The molecule has 1 N–H and O–H groups in total. The highest BCUT2D eigenvalue weighted by atomic mass is 79.9. The fraction of sp³-hybridized carbons (Fsp3) is 0.238. The van der Waals surface area contributed by atoms with Crippen LogP contribution in [0.4, 0.5) is 5.13 Å². The van der Waals surface area contributed by atoms with Gasteiger partial charge in [-0.3, -0.25) is 14.9 Å². The van der Waals surface area contributed by atoms with Crippen LogP contribution in [0.2, 0.25) is 0 Å². The number of carbonyl (C=O) groups excluding carboxylic acids is 2. The first-order valence-electron chi connectivity index (χ1n) is 9.48. The van der Waals surface area contributed by atoms with Crippen molar-refractivity contribution >= 4 is 44.2 Å². The van der Waals surface area contributed by atoms with E-state index in [1.165, 1.54) is 11.3 Å². The van der Waals surface area contributed by atoms with E-state index in [2.05, 4.69) is 31.4 Å². The largest absolute Gasteiger partial charge is 0.484 e. The third-order valence-electron chi connectivity index (χ3n) is 4.71. The van der Waals surface area contributed by atoms with Crippen molar-refractivity contribution in [1.82, 2.24) is 15.1 Å². The van der Waals surface area contributed by atoms with Crippen LogP contribution in [-0.4, -0.2) is 46.1 Å². The molecule has 1 fully saturated rings. The molecule has 0 spiro atoms. The molecular formula is C21H19BrN4O3S. The van der Waals surface area contributed by atoms with Gasteiger partial charge < -0.3 is 9.64 Å². The lowest BCUT2D eigenvalue weighted by atomic mass is 10.2. The molecule has 2 amide bonds. The summed E-state index contributed by atoms with van der Waals surface area (Å²) in [5, 5.41) is 12.2. The Morgan fingerprint density at radius 3 is 2.80 bits per heavy atom. The molecule has 1 aliphatic heterocycles. The molecule has 30 heavy (non-hydrogen) atoms. The number of nitrogens with zero attached hydrogens (tertiary/aromatic N) is 3. The molecular weight excluding hydrogens is 468 g/mol. The van der Waals surface area contributed by atoms with E-state index in [4.69, 9.17) is 4.74 Å². The minimum absolute atomic E-state index is 0.0976. The van der Waals surface area contributed by atoms with Gasteiger partial charge in [-0.1, -0.05) is 57.6 Å². The second-order valence-electron chi connectivity index (χ2n) is 6.76. The van der Waals surface area contributed by atoms with Gasteiger partial charge in [-0.2, -0.15) is 0 Å². The summed E-state index contributed by atoms with van der Waals surface area (Å²) in [7, 11) is 0. The third-order valence-corrected chi connectivity index (χ3v) is 6.09. The van der Waals surface area contributed by atoms with Crippen LogP contribution in [-0.2, 0) is 9.59 Å². The number of likely N-dealkylation sites (tertiary alicyclic amines) is 1. The predicted molar refractivity (Wildman–Crippen MR) is 118 cm³/mol. The number of hydrogen-bond donors (Lipinski definition) is 1. The van der Waals surface area contributed by atoms with Crippen LogP contribution in [0.5, 0.6) is 5.75 Å². The first-order valence-corrected chi connectivity index (χ1v) is 11.1. The van der Waals surface area contributed by atoms with E-state index in [1.54, 1.807) is 17.0 Å². The van der Waals surface area contributed by atoms with Crippen molar-refractivity contribution in [1.29, 1.82) is 0 Å². The fourth-order valence-electron chi connectivity index (χ4n) is 3.28. The van der Waals surface area contributed by atoms with E-state index in [0.29, 0.717) is 28.9 Å². The van der Waals surface area contributed by atoms with E-state index in [9.17, 15) is 9.59 Å². The van der Waals surface area contributed by atoms with Gasteiger partial charge in [0.2, 0.25) is 11.0 Å². The predicted octanol–water partition coefficient (Wildman–Crippen LogP) is 3.98. The second-order valence-corrected chi connectivity index (χ2v) is 8.65. The number of halogens is 1. The van der Waals surface area contributed by atoms with Crippen molar-refractivity contribution in [2.75, 3.05) is 18.5 Å². The zero-order valence-corrected chi connectivity index (χ0v) is 18.4. The highest BCUT2D eigenvalue weighted by Gasteiger charge is 2.34. The number of ether oxygens (including phenoxy) is 1. The van der Waals surface area contributed by atoms with Gasteiger partial charge in [-0.15, -0.1) is 10.2 Å². The van der Waals surface area contributed by atoms with E-state index in [0.717, 1.165) is 16.5 Å². The molecule has 1 atom stereocenters. The highest BCUT2D eigenvalue weighted by Crippen LogP contribution is 2.29. The number of carbonyl (C=O) groups is 2. The second kappa shape index (κ2) is 9.36. The molecule has 3 aromatic rings. The molecule has 154 valence electrons. The number of amides is 2. The topological polar surface area (TPSA) is 84.4 Å². The Kier molecular flexibility index (Phi) is 6.39. The number of aromatic nitrogens is 2. The number of anilines is 1. The van der Waals surface area contributed by atoms with Crippen LogP contribution in [0.25, 0.3) is 10.6 Å². The van der Waals surface area contributed by atoms with Gasteiger partial charge in [-0.25, -0.2) is 0 Å². The smallest absolute Gasteiger partial charge is 0.261 e. The van der Waals surface area contributed by atoms with Gasteiger partial charge in [-0.05, 0) is 37.1 Å². The molecule has 0 bridgehead atoms. The van der Waals surface area contributed by atoms with Crippen molar-refractivity contribution in [2.45, 2.75) is 18.9 Å². The van der Waals surface area contributed by atoms with Crippen LogP contribution in [0.1, 0.15) is 12.8 Å². The van der Waals surface area contributed by atoms with E-state index in [1.807, 2.05) is 42.5 Å². The minimum atomic E-state index is -0.532. The van der Waals surface area contributed by atoms with Crippen molar-refractivity contribution in [2.24, 2.45) is 0 Å². The first-order chi connectivity index (χ1) is 14.6. The molecule has 2 heterocycles. The zero-order chi connectivity index (χ0) is 20.9. The SMILES string of the molecule is O=C(Nc1nnc(-c2cccc(Br)c2)s1)C1CCCN1C(=O)COc1ccccc1. The van der Waals surface area contributed by atoms with E-state index < -0.39 is 6.04 Å². The minimum Gasteiger partial charge on any atom is -0.484 e. The van der Waals surface area contributed by atoms with Gasteiger partial charge in [0.15, 0.2) is 6.61 Å². The normalized spacial score (nSPS) is 15.8. The van der Waals surface area contributed by atoms with Crippen LogP contribution < -0.4 is 10.1 Å². The standard InChI is InChI=1S/C21H19BrN4O3S/c22-15-7-4-6-14(12-15)20-24-25-21(30-20)23-19(28)17-10-5-11-26(17)18(27)13-29-16-8-2-1-3-9-16/h1-4,6-9,12,17H,5,10-11,13H2,(H,23,25,28). The summed E-state index contributed by atoms with van der Waals surface area (Å²) in [4.78, 5) is 27.0. The van der Waals surface area contributed by atoms with Crippen LogP contribution >= 0.6 is 27.3 Å². The van der Waals surface area contributed by atoms with Crippen LogP contribution in [0, 0.1) is 0 Å². The maximum absolute atomic E-state index is 12.8. The Bertz CT molecular complexity index is 1040. The summed E-state index contributed by atoms with van der Waals surface area (Å²) in [6, 6.07) is 16.3. The van der Waals surface area contributed by atoms with Gasteiger partial charge in [0, 0.05) is 16.6 Å². The molecule has 2 aromatic carbocycles. The average molecular weight is 487 g/mol. The van der Waals surface area contributed by atoms with Crippen molar-refractivity contribution in [3.63, 3.8) is 0 Å². The molecule has 9 heteroatoms. The number of para-hydroxylation sites is 1. The molecule has 1 unspecified atom stereocenters. The number of rotatable bonds is 6. The summed E-state index contributed by atoms with van der Waals surface area (Å²) in [5.41, 5.74) is 0.915. The fourth-order valence-corrected chi connectivity index (χ4v) is 4.43. The van der Waals surface area contributed by atoms with E-state index in [-0.39, 0.29) is 18.4 Å². The molecule has 1 aliphatic rings. The summed E-state index contributed by atoms with van der Waals surface area (Å²) >= 11 is 4.73. The molecule has 4 rings (SSSR count). The maximum Gasteiger partial charge on any atom is 0.261 e. The van der Waals surface area contributed by atoms with Crippen LogP contribution in [0.3, 0.4) is 0 Å². The van der Waals surface area contributed by atoms with Gasteiger partial charge in [0.05, 0.1) is 0 Å². The van der Waals surface area contributed by atoms with Crippen molar-refractivity contribution in [3.05, 3.63) is 59.1 Å². The zero-order valence-electron chi connectivity index (χ0n) is 16.0. The maximum atomic E-state index is 12.8. The lowest BCUT2D eigenvalue weighted by Gasteiger charge is -2.23. The van der Waals surface area contributed by atoms with E-state index >= 15 is 0 Å². The number of benzene rings is 2. The molecule has 0 aliphatic carbocycles. The summed E-state index contributed by atoms with van der Waals surface area (Å²) in [6.07, 6.45) is 1.38. The Labute approximate surface area is 186 Å². The first kappa shape index (κ1) is 20.5. The quantitative estimate of drug-likeness (QED) is 0.569. The summed E-state index contributed by atoms with van der Waals surface area (Å²) < 4.78 is 6.48. The summed E-state index contributed by atoms with van der Waals surface area (Å²) in [5.74, 6) is 0.168. The molecule has 7 nitrogen and oxygen atoms in total. The van der Waals surface area contributed by atoms with Crippen molar-refractivity contribution in [3.8, 4) is 16.3 Å². The van der Waals surface area contributed by atoms with Gasteiger partial charge in [0.1, 0.15) is 16.8 Å². The highest BCUT2D eigenvalue weighted by molar-refractivity contribution is 9.10. The average Bonchev–Trinajstić information content (AvgIpc) is 3.43. The molecule has 0 saturated carbocycles. The monoisotopic (exact) mass is 486 g/mol. The number of nitrogens with one attached hydrogen (secondary N) is 1. The molecule has 1 saturated heterocycles. The Balaban J connectivity index is 1.37. The third kappa shape index (κ3) is 4.85. The molecule has 1 aromatic heterocycles. The Morgan fingerprint density at radius 1 is 1.17 bits per heavy atom.